The van der Waals surface area contributed by atoms with Gasteiger partial charge in [-0.3, -0.25) is 19.9 Å². The van der Waals surface area contributed by atoms with Gasteiger partial charge in [0.2, 0.25) is 0 Å². The number of fused-ring (bicyclic) bond motifs is 12. The van der Waals surface area contributed by atoms with Crippen molar-refractivity contribution in [3.8, 4) is 67.3 Å². The molecule has 0 atom stereocenters. The van der Waals surface area contributed by atoms with Crippen LogP contribution in [0.15, 0.2) is 268 Å². The minimum absolute atomic E-state index is 0.381. The van der Waals surface area contributed by atoms with E-state index in [0.717, 1.165) is 149 Å². The van der Waals surface area contributed by atoms with E-state index in [1.54, 1.807) is 0 Å². The molecule has 412 valence electrons. The lowest BCUT2D eigenvalue weighted by Gasteiger charge is -2.33. The molecule has 9 heteroatoms. The maximum absolute atomic E-state index is 21.4. The van der Waals surface area contributed by atoms with Gasteiger partial charge in [-0.15, -0.1) is 0 Å². The van der Waals surface area contributed by atoms with Gasteiger partial charge in [-0.2, -0.15) is 0 Å². The van der Waals surface area contributed by atoms with Crippen molar-refractivity contribution >= 4 is 87.2 Å². The summed E-state index contributed by atoms with van der Waals surface area (Å²) in [6.07, 6.45) is 14.9. The molecule has 8 aromatic heterocycles. The first kappa shape index (κ1) is 50.2. The number of benzene rings is 9. The van der Waals surface area contributed by atoms with Gasteiger partial charge < -0.3 is 18.3 Å². The van der Waals surface area contributed by atoms with Gasteiger partial charge in [-0.25, -0.2) is 4.39 Å². The van der Waals surface area contributed by atoms with Crippen LogP contribution in [0.2, 0.25) is 0 Å². The van der Waals surface area contributed by atoms with Crippen molar-refractivity contribution in [1.82, 2.24) is 38.2 Å². The Labute approximate surface area is 500 Å². The highest BCUT2D eigenvalue weighted by atomic mass is 19.1. The maximum atomic E-state index is 21.4. The summed E-state index contributed by atoms with van der Waals surface area (Å²) in [5.41, 5.74) is 17.9. The third-order valence-electron chi connectivity index (χ3n) is 17.7. The molecule has 0 amide bonds. The lowest BCUT2D eigenvalue weighted by molar-refractivity contribution is 0.571. The molecule has 0 aliphatic rings. The Balaban J connectivity index is 1.14. The van der Waals surface area contributed by atoms with Gasteiger partial charge in [0.1, 0.15) is 11.4 Å². The zero-order chi connectivity index (χ0) is 58.1. The van der Waals surface area contributed by atoms with E-state index in [1.807, 2.05) is 73.8 Å². The van der Waals surface area contributed by atoms with Crippen LogP contribution in [0.4, 0.5) is 4.39 Å². The Bertz CT molecular complexity index is 4980. The fourth-order valence-corrected chi connectivity index (χ4v) is 13.9. The smallest absolute Gasteiger partial charge is 0.175 e. The van der Waals surface area contributed by atoms with Crippen molar-refractivity contribution in [2.75, 3.05) is 0 Å². The fraction of sp³-hybridized carbons (Fsp3) is 0.0513. The van der Waals surface area contributed by atoms with E-state index in [1.165, 1.54) is 0 Å². The average Bonchev–Trinajstić information content (AvgIpc) is 1.72. The Morgan fingerprint density at radius 2 is 0.517 bits per heavy atom. The Kier molecular flexibility index (Phi) is 11.2. The predicted octanol–water partition coefficient (Wildman–Crippen LogP) is 19.8. The molecule has 17 aromatic rings. The van der Waals surface area contributed by atoms with Gasteiger partial charge in [0.05, 0.1) is 55.5 Å². The molecule has 0 aliphatic carbocycles. The molecule has 0 aliphatic heterocycles. The molecule has 0 fully saturated rings. The van der Waals surface area contributed by atoms with Gasteiger partial charge in [0.15, 0.2) is 5.82 Å². The first-order valence-electron chi connectivity index (χ1n) is 29.4. The largest absolute Gasteiger partial charge is 0.307 e. The van der Waals surface area contributed by atoms with Crippen molar-refractivity contribution in [3.05, 3.63) is 279 Å². The summed E-state index contributed by atoms with van der Waals surface area (Å²) in [6.45, 7) is 6.88. The molecule has 0 N–H and O–H groups in total. The molecule has 8 nitrogen and oxygen atoms in total. The zero-order valence-corrected chi connectivity index (χ0v) is 47.9. The van der Waals surface area contributed by atoms with E-state index in [2.05, 4.69) is 253 Å². The topological polar surface area (TPSA) is 71.3 Å². The fourth-order valence-electron chi connectivity index (χ4n) is 13.9. The molecule has 9 aromatic carbocycles. The maximum Gasteiger partial charge on any atom is 0.175 e. The summed E-state index contributed by atoms with van der Waals surface area (Å²) in [7, 11) is 0. The minimum Gasteiger partial charge on any atom is -0.307 e. The number of halogens is 1. The average molecular weight is 1120 g/mol. The van der Waals surface area contributed by atoms with Crippen molar-refractivity contribution in [2.45, 2.75) is 26.2 Å². The Hall–Kier alpha value is -11.3. The SMILES string of the molecule is CC(C)(C)c1c(-n2c3ccc(-c4cccnc4)cc3c3cc(-c4cccnc4)ccc32)c(-n2c3ccccc3c3ccccc32)c(F)c(-n2c3ccccc3c3ccccc32)c1-n1c2ccc(-c3cccnc3)cc2c2cc(-c3cccnc3)ccc21. The Morgan fingerprint density at radius 3 is 0.770 bits per heavy atom. The highest BCUT2D eigenvalue weighted by Crippen LogP contribution is 2.52. The first-order valence-corrected chi connectivity index (χ1v) is 29.4. The highest BCUT2D eigenvalue weighted by Gasteiger charge is 2.38. The van der Waals surface area contributed by atoms with Crippen LogP contribution in [0.1, 0.15) is 26.3 Å². The van der Waals surface area contributed by atoms with E-state index < -0.39 is 5.41 Å². The first-order chi connectivity index (χ1) is 42.8. The lowest BCUT2D eigenvalue weighted by Crippen LogP contribution is -2.24. The third-order valence-corrected chi connectivity index (χ3v) is 17.7. The van der Waals surface area contributed by atoms with Crippen molar-refractivity contribution in [2.24, 2.45) is 0 Å². The van der Waals surface area contributed by atoms with Crippen LogP contribution >= 0.6 is 0 Å². The molecule has 0 saturated heterocycles. The molecule has 0 spiro atoms. The van der Waals surface area contributed by atoms with Gasteiger partial charge in [-0.1, -0.05) is 142 Å². The quantitative estimate of drug-likeness (QED) is 0.152. The summed E-state index contributed by atoms with van der Waals surface area (Å²) in [5, 5.41) is 8.17. The number of nitrogens with zero attached hydrogens (tertiary/aromatic N) is 8. The van der Waals surface area contributed by atoms with Crippen LogP contribution in [0.5, 0.6) is 0 Å². The summed E-state index contributed by atoms with van der Waals surface area (Å²) in [4.78, 5) is 18.3. The molecular formula is C78H53FN8. The van der Waals surface area contributed by atoms with E-state index in [9.17, 15) is 0 Å². The van der Waals surface area contributed by atoms with E-state index in [0.29, 0.717) is 11.4 Å². The van der Waals surface area contributed by atoms with Crippen molar-refractivity contribution < 1.29 is 4.39 Å². The summed E-state index contributed by atoms with van der Waals surface area (Å²) >= 11 is 0. The summed E-state index contributed by atoms with van der Waals surface area (Å²) < 4.78 is 30.6. The second-order valence-electron chi connectivity index (χ2n) is 23.6. The van der Waals surface area contributed by atoms with Crippen LogP contribution in [0, 0.1) is 5.82 Å². The normalized spacial score (nSPS) is 12.1. The molecule has 87 heavy (non-hydrogen) atoms. The zero-order valence-electron chi connectivity index (χ0n) is 47.9. The summed E-state index contributed by atoms with van der Waals surface area (Å²) in [6, 6.07) is 76.9. The molecule has 17 rings (SSSR count). The van der Waals surface area contributed by atoms with Crippen LogP contribution in [0.3, 0.4) is 0 Å². The van der Waals surface area contributed by atoms with Crippen LogP contribution in [-0.2, 0) is 5.41 Å². The highest BCUT2D eigenvalue weighted by molar-refractivity contribution is 6.16. The number of aromatic nitrogens is 8. The van der Waals surface area contributed by atoms with Crippen LogP contribution < -0.4 is 0 Å². The molecular weight excluding hydrogens is 1070 g/mol. The number of hydrogen-bond donors (Lipinski definition) is 0. The predicted molar refractivity (Wildman–Crippen MR) is 355 cm³/mol. The van der Waals surface area contributed by atoms with Gasteiger partial charge in [0.25, 0.3) is 0 Å². The molecule has 0 bridgehead atoms. The van der Waals surface area contributed by atoms with Gasteiger partial charge in [0, 0.05) is 120 Å². The van der Waals surface area contributed by atoms with E-state index in [-0.39, 0.29) is 5.82 Å². The molecule has 0 unspecified atom stereocenters. The van der Waals surface area contributed by atoms with Crippen LogP contribution in [-0.4, -0.2) is 38.2 Å². The van der Waals surface area contributed by atoms with Crippen LogP contribution in [0.25, 0.3) is 154 Å². The lowest BCUT2D eigenvalue weighted by atomic mass is 9.82. The van der Waals surface area contributed by atoms with E-state index in [4.69, 9.17) is 0 Å². The Morgan fingerprint density at radius 1 is 0.264 bits per heavy atom. The summed E-state index contributed by atoms with van der Waals surface area (Å²) in [5.74, 6) is -0.381. The number of rotatable bonds is 8. The second kappa shape index (κ2) is 19.4. The third kappa shape index (κ3) is 7.68. The van der Waals surface area contributed by atoms with Crippen molar-refractivity contribution in [3.63, 3.8) is 0 Å². The van der Waals surface area contributed by atoms with Gasteiger partial charge in [-0.05, 0) is 125 Å². The number of hydrogen-bond acceptors (Lipinski definition) is 4. The molecule has 0 saturated carbocycles. The molecule has 0 radical (unpaired) electrons. The van der Waals surface area contributed by atoms with Gasteiger partial charge >= 0.3 is 0 Å². The number of pyridine rings is 4. The second-order valence-corrected chi connectivity index (χ2v) is 23.6. The number of para-hydroxylation sites is 4. The molecule has 8 heterocycles. The standard InChI is InChI=1S/C78H53FN8/c1-78(2,3)72-74(84-68-32-28-48(52-16-12-36-80-44-52)40-60(68)61-41-49(29-33-69(61)84)53-17-13-37-81-45-53)76(86-64-24-8-4-20-56(64)57-21-5-9-25-65(57)86)73(79)77(87-66-26-10-6-22-58(66)59-23-7-11-27-67(59)87)75(72)85-70-34-30-50(54-18-14-38-82-46-54)42-62(70)63-43-51(31-35-71(63)85)55-19-15-39-83-47-55/h4-47H,1-3H3. The monoisotopic (exact) mass is 1120 g/mol. The van der Waals surface area contributed by atoms with E-state index >= 15 is 4.39 Å². The van der Waals surface area contributed by atoms with Crippen molar-refractivity contribution in [1.29, 1.82) is 0 Å². The minimum atomic E-state index is -0.720.